The zero-order valence-corrected chi connectivity index (χ0v) is 18.1. The summed E-state index contributed by atoms with van der Waals surface area (Å²) in [5.41, 5.74) is 0.891. The van der Waals surface area contributed by atoms with Gasteiger partial charge in [0.1, 0.15) is 23.5 Å². The number of rotatable bonds is 5. The smallest absolute Gasteiger partial charge is 0.266 e. The van der Waals surface area contributed by atoms with Crippen molar-refractivity contribution in [1.82, 2.24) is 0 Å². The molecule has 5 nitrogen and oxygen atoms in total. The van der Waals surface area contributed by atoms with Crippen LogP contribution in [-0.4, -0.2) is 12.5 Å². The van der Waals surface area contributed by atoms with Crippen molar-refractivity contribution >= 4 is 72.7 Å². The van der Waals surface area contributed by atoms with E-state index in [1.807, 2.05) is 12.1 Å². The largest absolute Gasteiger partial charge is 0.476 e. The highest BCUT2D eigenvalue weighted by Crippen LogP contribution is 2.35. The maximum Gasteiger partial charge on any atom is 0.266 e. The van der Waals surface area contributed by atoms with Crippen LogP contribution >= 0.6 is 55.1 Å². The third-order valence-electron chi connectivity index (χ3n) is 3.16. The summed E-state index contributed by atoms with van der Waals surface area (Å²) in [6, 6.07) is 11.7. The number of anilines is 1. The van der Waals surface area contributed by atoms with Gasteiger partial charge in [-0.1, -0.05) is 23.2 Å². The van der Waals surface area contributed by atoms with Crippen molar-refractivity contribution in [2.24, 2.45) is 0 Å². The van der Waals surface area contributed by atoms with Crippen molar-refractivity contribution in [3.63, 3.8) is 0 Å². The van der Waals surface area contributed by atoms with Gasteiger partial charge in [-0.25, -0.2) is 0 Å². The van der Waals surface area contributed by atoms with Gasteiger partial charge in [-0.15, -0.1) is 0 Å². The molecule has 2 aromatic carbocycles. The molecule has 136 valence electrons. The molecule has 0 atom stereocenters. The quantitative estimate of drug-likeness (QED) is 0.382. The van der Waals surface area contributed by atoms with Crippen molar-refractivity contribution in [2.75, 3.05) is 11.9 Å². The molecule has 2 rings (SSSR count). The Kier molecular flexibility index (Phi) is 7.70. The summed E-state index contributed by atoms with van der Waals surface area (Å²) in [5.74, 6) is -0.139. The van der Waals surface area contributed by atoms with E-state index in [0.29, 0.717) is 31.0 Å². The number of halogens is 4. The van der Waals surface area contributed by atoms with Crippen molar-refractivity contribution in [3.8, 4) is 17.9 Å². The van der Waals surface area contributed by atoms with E-state index in [0.717, 1.165) is 0 Å². The molecule has 2 aromatic rings. The lowest BCUT2D eigenvalue weighted by Crippen LogP contribution is -2.13. The van der Waals surface area contributed by atoms with Gasteiger partial charge in [-0.2, -0.15) is 10.5 Å². The van der Waals surface area contributed by atoms with Gasteiger partial charge in [0.2, 0.25) is 0 Å². The Hall–Kier alpha value is -2.03. The average Bonchev–Trinajstić information content (AvgIpc) is 2.62. The second-order valence-electron chi connectivity index (χ2n) is 5.01. The third-order valence-corrected chi connectivity index (χ3v) is 5.07. The molecule has 0 spiro atoms. The standard InChI is InChI=1S/C18H9Br2Cl2N3O2/c19-13-6-10(7-14(20)17(13)27-4-3-23)5-11(9-24)18(26)25-12-1-2-15(21)16(22)8-12/h1-2,5-8H,4H2,(H,25,26)/b11-5+. The average molecular weight is 530 g/mol. The van der Waals surface area contributed by atoms with Gasteiger partial charge in [0.05, 0.1) is 19.0 Å². The fourth-order valence-electron chi connectivity index (χ4n) is 1.99. The molecule has 0 radical (unpaired) electrons. The Morgan fingerprint density at radius 1 is 1.15 bits per heavy atom. The predicted molar refractivity (Wildman–Crippen MR) is 112 cm³/mol. The Balaban J connectivity index is 2.27. The molecule has 0 bridgehead atoms. The molecule has 0 saturated carbocycles. The topological polar surface area (TPSA) is 85.9 Å². The molecule has 0 saturated heterocycles. The lowest BCUT2D eigenvalue weighted by atomic mass is 10.1. The molecule has 0 fully saturated rings. The monoisotopic (exact) mass is 527 g/mol. The van der Waals surface area contributed by atoms with Crippen molar-refractivity contribution in [2.45, 2.75) is 0 Å². The molecule has 27 heavy (non-hydrogen) atoms. The minimum atomic E-state index is -0.590. The third kappa shape index (κ3) is 5.72. The number of ether oxygens (including phenoxy) is 1. The summed E-state index contributed by atoms with van der Waals surface area (Å²) >= 11 is 18.4. The van der Waals surface area contributed by atoms with Gasteiger partial charge >= 0.3 is 0 Å². The highest BCUT2D eigenvalue weighted by Gasteiger charge is 2.13. The molecule has 0 unspecified atom stereocenters. The van der Waals surface area contributed by atoms with E-state index >= 15 is 0 Å². The van der Waals surface area contributed by atoms with E-state index in [9.17, 15) is 10.1 Å². The Morgan fingerprint density at radius 2 is 1.81 bits per heavy atom. The second-order valence-corrected chi connectivity index (χ2v) is 7.54. The first-order valence-electron chi connectivity index (χ1n) is 7.22. The molecule has 0 aromatic heterocycles. The van der Waals surface area contributed by atoms with Gasteiger partial charge in [-0.05, 0) is 73.8 Å². The fraction of sp³-hybridized carbons (Fsp3) is 0.0556. The van der Waals surface area contributed by atoms with Crippen LogP contribution in [0.2, 0.25) is 10.0 Å². The van der Waals surface area contributed by atoms with Gasteiger partial charge in [0.15, 0.2) is 6.61 Å². The summed E-state index contributed by atoms with van der Waals surface area (Å²) in [4.78, 5) is 12.4. The van der Waals surface area contributed by atoms with Gasteiger partial charge < -0.3 is 10.1 Å². The molecule has 0 aliphatic carbocycles. The number of benzene rings is 2. The number of hydrogen-bond donors (Lipinski definition) is 1. The minimum Gasteiger partial charge on any atom is -0.476 e. The van der Waals surface area contributed by atoms with E-state index < -0.39 is 5.91 Å². The van der Waals surface area contributed by atoms with Gasteiger partial charge in [0, 0.05) is 5.69 Å². The molecule has 0 aliphatic heterocycles. The van der Waals surface area contributed by atoms with Crippen molar-refractivity contribution in [3.05, 3.63) is 60.5 Å². The summed E-state index contributed by atoms with van der Waals surface area (Å²) < 4.78 is 6.45. The molecule has 1 N–H and O–H groups in total. The van der Waals surface area contributed by atoms with Crippen molar-refractivity contribution < 1.29 is 9.53 Å². The van der Waals surface area contributed by atoms with Crippen LogP contribution in [0.15, 0.2) is 44.9 Å². The normalized spacial score (nSPS) is 10.7. The Morgan fingerprint density at radius 3 is 2.37 bits per heavy atom. The van der Waals surface area contributed by atoms with Gasteiger partial charge in [-0.3, -0.25) is 4.79 Å². The number of nitrogens with one attached hydrogen (secondary N) is 1. The van der Waals surface area contributed by atoms with E-state index in [4.69, 9.17) is 33.2 Å². The first-order chi connectivity index (χ1) is 12.8. The fourth-order valence-corrected chi connectivity index (χ4v) is 3.74. The molecule has 9 heteroatoms. The summed E-state index contributed by atoms with van der Waals surface area (Å²) in [5, 5.41) is 21.2. The summed E-state index contributed by atoms with van der Waals surface area (Å²) in [6.07, 6.45) is 1.43. The Bertz CT molecular complexity index is 988. The number of nitrogens with zero attached hydrogens (tertiary/aromatic N) is 2. The highest BCUT2D eigenvalue weighted by molar-refractivity contribution is 9.11. The van der Waals surface area contributed by atoms with Crippen LogP contribution in [0.3, 0.4) is 0 Å². The lowest BCUT2D eigenvalue weighted by molar-refractivity contribution is -0.112. The highest BCUT2D eigenvalue weighted by atomic mass is 79.9. The maximum atomic E-state index is 12.4. The lowest BCUT2D eigenvalue weighted by Gasteiger charge is -2.09. The van der Waals surface area contributed by atoms with Crippen LogP contribution in [0.5, 0.6) is 5.75 Å². The van der Waals surface area contributed by atoms with Crippen LogP contribution in [0.25, 0.3) is 6.08 Å². The first-order valence-corrected chi connectivity index (χ1v) is 9.57. The van der Waals surface area contributed by atoms with E-state index in [-0.39, 0.29) is 17.2 Å². The number of amides is 1. The van der Waals surface area contributed by atoms with E-state index in [2.05, 4.69) is 37.2 Å². The SMILES string of the molecule is N#CCOc1c(Br)cc(/C=C(\C#N)C(=O)Nc2ccc(Cl)c(Cl)c2)cc1Br. The predicted octanol–water partition coefficient (Wildman–Crippen LogP) is 5.97. The first kappa shape index (κ1) is 21.3. The number of nitriles is 2. The number of carbonyl (C=O) groups is 1. The van der Waals surface area contributed by atoms with E-state index in [1.54, 1.807) is 24.3 Å². The molecular weight excluding hydrogens is 521 g/mol. The minimum absolute atomic E-state index is 0.106. The van der Waals surface area contributed by atoms with Crippen LogP contribution in [0.4, 0.5) is 5.69 Å². The van der Waals surface area contributed by atoms with Crippen molar-refractivity contribution in [1.29, 1.82) is 10.5 Å². The zero-order valence-electron chi connectivity index (χ0n) is 13.4. The van der Waals surface area contributed by atoms with E-state index in [1.165, 1.54) is 12.1 Å². The van der Waals surface area contributed by atoms with Crippen LogP contribution in [-0.2, 0) is 4.79 Å². The maximum absolute atomic E-state index is 12.4. The number of hydrogen-bond acceptors (Lipinski definition) is 4. The molecule has 1 amide bonds. The molecule has 0 aliphatic rings. The summed E-state index contributed by atoms with van der Waals surface area (Å²) in [7, 11) is 0. The van der Waals surface area contributed by atoms with Crippen LogP contribution in [0.1, 0.15) is 5.56 Å². The molecule has 0 heterocycles. The summed E-state index contributed by atoms with van der Waals surface area (Å²) in [6.45, 7) is -0.109. The van der Waals surface area contributed by atoms with Crippen LogP contribution in [0, 0.1) is 22.7 Å². The zero-order chi connectivity index (χ0) is 20.0. The second kappa shape index (κ2) is 9.77. The van der Waals surface area contributed by atoms with Crippen LogP contribution < -0.4 is 10.1 Å². The molecular formula is C18H9Br2Cl2N3O2. The number of carbonyl (C=O) groups excluding carboxylic acids is 1. The Labute approximate surface area is 182 Å². The van der Waals surface area contributed by atoms with Gasteiger partial charge in [0.25, 0.3) is 5.91 Å².